The number of carbonyl (C=O) groups excluding carboxylic acids is 1. The second-order valence-electron chi connectivity index (χ2n) is 8.98. The van der Waals surface area contributed by atoms with E-state index < -0.39 is 6.10 Å². The van der Waals surface area contributed by atoms with E-state index in [-0.39, 0.29) is 24.7 Å². The molecular weight excluding hydrogens is 432 g/mol. The lowest BCUT2D eigenvalue weighted by atomic mass is 10.0. The number of rotatable bonds is 16. The van der Waals surface area contributed by atoms with E-state index in [4.69, 9.17) is 9.47 Å². The largest absolute Gasteiger partial charge is 0.504 e. The number of fused-ring (bicyclic) bond motifs is 1. The predicted octanol–water partition coefficient (Wildman–Crippen LogP) is 5.12. The summed E-state index contributed by atoms with van der Waals surface area (Å²) >= 11 is 0. The van der Waals surface area contributed by atoms with Gasteiger partial charge in [-0.15, -0.1) is 0 Å². The number of Topliss-reactive ketones (excluding diaryl/α,β-unsaturated/α-hetero) is 1. The Morgan fingerprint density at radius 2 is 2.03 bits per heavy atom. The van der Waals surface area contributed by atoms with E-state index in [1.165, 1.54) is 5.56 Å². The number of hydrogen-bond acceptors (Lipinski definition) is 5. The van der Waals surface area contributed by atoms with Crippen molar-refractivity contribution in [2.45, 2.75) is 77.5 Å². The first-order valence-corrected chi connectivity index (χ1v) is 12.3. The zero-order valence-electron chi connectivity index (χ0n) is 20.4. The lowest BCUT2D eigenvalue weighted by Crippen LogP contribution is -2.14. The third kappa shape index (κ3) is 7.64. The SMILES string of the molecule is CCCCCC(O)CC(=O)CCc1ccc(O)c(OCn2cc3[nH]cc(CCCOC)c3c2)c1. The number of hydrogen-bond donors (Lipinski definition) is 3. The molecule has 7 heteroatoms. The van der Waals surface area contributed by atoms with Crippen LogP contribution >= 0.6 is 0 Å². The molecule has 0 saturated heterocycles. The van der Waals surface area contributed by atoms with E-state index in [1.807, 2.05) is 23.2 Å². The molecule has 186 valence electrons. The molecule has 0 fully saturated rings. The van der Waals surface area contributed by atoms with Crippen LogP contribution in [0.25, 0.3) is 10.9 Å². The Morgan fingerprint density at radius 3 is 2.82 bits per heavy atom. The molecule has 0 aliphatic heterocycles. The maximum atomic E-state index is 12.2. The van der Waals surface area contributed by atoms with Crippen molar-refractivity contribution in [2.75, 3.05) is 13.7 Å². The van der Waals surface area contributed by atoms with E-state index in [9.17, 15) is 15.0 Å². The van der Waals surface area contributed by atoms with Crippen LogP contribution in [0.2, 0.25) is 0 Å². The molecule has 1 atom stereocenters. The summed E-state index contributed by atoms with van der Waals surface area (Å²) in [6.45, 7) is 3.12. The average Bonchev–Trinajstić information content (AvgIpc) is 3.39. The molecule has 34 heavy (non-hydrogen) atoms. The average molecular weight is 471 g/mol. The third-order valence-corrected chi connectivity index (χ3v) is 6.11. The fourth-order valence-corrected chi connectivity index (χ4v) is 4.16. The number of aryl methyl sites for hydroxylation is 2. The standard InChI is InChI=1S/C27H38N2O5/c1-3-4-5-8-22(30)15-23(31)11-9-20-10-12-26(32)27(14-20)34-19-29-17-24-21(7-6-13-33-2)16-28-25(24)18-29/h10,12,14,16-18,22,28,30,32H,3-9,11,13,15,19H2,1-2H3. The van der Waals surface area contributed by atoms with Crippen LogP contribution in [0.3, 0.4) is 0 Å². The van der Waals surface area contributed by atoms with Crippen LogP contribution in [0.5, 0.6) is 11.5 Å². The quantitative estimate of drug-likeness (QED) is 0.252. The fourth-order valence-electron chi connectivity index (χ4n) is 4.16. The summed E-state index contributed by atoms with van der Waals surface area (Å²) in [6.07, 6.45) is 12.4. The number of unbranched alkanes of at least 4 members (excludes halogenated alkanes) is 2. The Hall–Kier alpha value is -2.77. The van der Waals surface area contributed by atoms with Crippen molar-refractivity contribution in [3.63, 3.8) is 0 Å². The van der Waals surface area contributed by atoms with Gasteiger partial charge in [-0.25, -0.2) is 0 Å². The minimum atomic E-state index is -0.550. The number of aromatic amines is 1. The number of aliphatic hydroxyl groups excluding tert-OH is 1. The van der Waals surface area contributed by atoms with E-state index in [0.29, 0.717) is 25.0 Å². The fraction of sp³-hybridized carbons (Fsp3) is 0.519. The van der Waals surface area contributed by atoms with Crippen molar-refractivity contribution in [2.24, 2.45) is 0 Å². The summed E-state index contributed by atoms with van der Waals surface area (Å²) in [4.78, 5) is 15.5. The summed E-state index contributed by atoms with van der Waals surface area (Å²) in [6, 6.07) is 5.19. The molecule has 1 aromatic carbocycles. The number of nitrogens with one attached hydrogen (secondary N) is 1. The highest BCUT2D eigenvalue weighted by atomic mass is 16.5. The van der Waals surface area contributed by atoms with Gasteiger partial charge >= 0.3 is 0 Å². The van der Waals surface area contributed by atoms with Gasteiger partial charge in [0.25, 0.3) is 0 Å². The number of ketones is 1. The second kappa shape index (κ2) is 13.2. The maximum absolute atomic E-state index is 12.2. The van der Waals surface area contributed by atoms with Gasteiger partial charge in [-0.05, 0) is 48.9 Å². The summed E-state index contributed by atoms with van der Waals surface area (Å²) in [7, 11) is 1.71. The molecule has 3 rings (SSSR count). The number of aliphatic hydroxyl groups is 1. The molecule has 0 aliphatic carbocycles. The van der Waals surface area contributed by atoms with Gasteiger partial charge in [0.1, 0.15) is 5.78 Å². The van der Waals surface area contributed by atoms with Gasteiger partial charge in [-0.2, -0.15) is 0 Å². The molecule has 0 amide bonds. The lowest BCUT2D eigenvalue weighted by Gasteiger charge is -2.11. The highest BCUT2D eigenvalue weighted by Gasteiger charge is 2.12. The molecule has 2 aromatic heterocycles. The summed E-state index contributed by atoms with van der Waals surface area (Å²) < 4.78 is 13.0. The van der Waals surface area contributed by atoms with E-state index >= 15 is 0 Å². The van der Waals surface area contributed by atoms with Crippen molar-refractivity contribution in [3.8, 4) is 11.5 Å². The number of methoxy groups -OCH3 is 1. The second-order valence-corrected chi connectivity index (χ2v) is 8.98. The van der Waals surface area contributed by atoms with Crippen molar-refractivity contribution in [3.05, 3.63) is 47.9 Å². The third-order valence-electron chi connectivity index (χ3n) is 6.11. The number of benzene rings is 1. The van der Waals surface area contributed by atoms with Gasteiger partial charge in [0, 0.05) is 50.5 Å². The smallest absolute Gasteiger partial charge is 0.165 e. The lowest BCUT2D eigenvalue weighted by molar-refractivity contribution is -0.121. The first-order valence-electron chi connectivity index (χ1n) is 12.3. The molecule has 0 saturated carbocycles. The number of H-pyrrole nitrogens is 1. The Balaban J connectivity index is 1.51. The first kappa shape index (κ1) is 25.8. The van der Waals surface area contributed by atoms with Crippen LogP contribution in [0.1, 0.15) is 63.0 Å². The number of phenolic OH excluding ortho intramolecular Hbond substituents is 1. The molecule has 0 radical (unpaired) electrons. The molecule has 2 heterocycles. The predicted molar refractivity (Wildman–Crippen MR) is 133 cm³/mol. The van der Waals surface area contributed by atoms with Crippen LogP contribution in [-0.2, 0) is 29.1 Å². The van der Waals surface area contributed by atoms with Gasteiger partial charge in [-0.1, -0.05) is 32.3 Å². The zero-order valence-corrected chi connectivity index (χ0v) is 20.4. The normalized spacial score (nSPS) is 12.3. The monoisotopic (exact) mass is 470 g/mol. The molecule has 7 nitrogen and oxygen atoms in total. The van der Waals surface area contributed by atoms with E-state index in [1.54, 1.807) is 25.3 Å². The first-order chi connectivity index (χ1) is 16.5. The van der Waals surface area contributed by atoms with Gasteiger partial charge in [0.05, 0.1) is 11.6 Å². The molecular formula is C27H38N2O5. The van der Waals surface area contributed by atoms with Crippen LogP contribution in [0.4, 0.5) is 0 Å². The van der Waals surface area contributed by atoms with E-state index in [2.05, 4.69) is 11.9 Å². The van der Waals surface area contributed by atoms with Crippen LogP contribution in [0.15, 0.2) is 36.8 Å². The highest BCUT2D eigenvalue weighted by Crippen LogP contribution is 2.28. The van der Waals surface area contributed by atoms with Crippen LogP contribution < -0.4 is 4.74 Å². The number of nitrogens with zero attached hydrogens (tertiary/aromatic N) is 1. The maximum Gasteiger partial charge on any atom is 0.165 e. The van der Waals surface area contributed by atoms with Crippen LogP contribution in [-0.4, -0.2) is 45.4 Å². The Morgan fingerprint density at radius 1 is 1.18 bits per heavy atom. The molecule has 0 spiro atoms. The minimum absolute atomic E-state index is 0.0586. The van der Waals surface area contributed by atoms with Crippen molar-refractivity contribution >= 4 is 16.7 Å². The van der Waals surface area contributed by atoms with Gasteiger partial charge in [0.15, 0.2) is 18.2 Å². The summed E-state index contributed by atoms with van der Waals surface area (Å²) in [5.74, 6) is 0.518. The van der Waals surface area contributed by atoms with Crippen LogP contribution in [0, 0.1) is 0 Å². The van der Waals surface area contributed by atoms with Crippen molar-refractivity contribution < 1.29 is 24.5 Å². The van der Waals surface area contributed by atoms with Gasteiger partial charge in [-0.3, -0.25) is 4.79 Å². The molecule has 3 N–H and O–H groups in total. The van der Waals surface area contributed by atoms with Gasteiger partial charge < -0.3 is 29.2 Å². The zero-order chi connectivity index (χ0) is 24.3. The van der Waals surface area contributed by atoms with E-state index in [0.717, 1.165) is 55.2 Å². The van der Waals surface area contributed by atoms with Crippen molar-refractivity contribution in [1.29, 1.82) is 0 Å². The number of aromatic nitrogens is 2. The number of phenols is 1. The number of ether oxygens (including phenoxy) is 2. The molecule has 1 unspecified atom stereocenters. The van der Waals surface area contributed by atoms with Crippen molar-refractivity contribution in [1.82, 2.24) is 9.55 Å². The summed E-state index contributed by atoms with van der Waals surface area (Å²) in [5, 5.41) is 21.4. The molecule has 0 bridgehead atoms. The number of carbonyl (C=O) groups is 1. The Kier molecular flexibility index (Phi) is 10.0. The Labute approximate surface area is 201 Å². The Bertz CT molecular complexity index is 1040. The summed E-state index contributed by atoms with van der Waals surface area (Å²) in [5.41, 5.74) is 3.21. The number of aromatic hydroxyl groups is 1. The molecule has 0 aliphatic rings. The highest BCUT2D eigenvalue weighted by molar-refractivity contribution is 5.83. The molecule has 3 aromatic rings. The topological polar surface area (TPSA) is 96.7 Å². The van der Waals surface area contributed by atoms with Gasteiger partial charge in [0.2, 0.25) is 0 Å². The minimum Gasteiger partial charge on any atom is -0.504 e.